The molecule has 178 valence electrons. The van der Waals surface area contributed by atoms with E-state index in [1.54, 1.807) is 72.9 Å². The van der Waals surface area contributed by atoms with E-state index >= 15 is 0 Å². The van der Waals surface area contributed by atoms with E-state index in [4.69, 9.17) is 4.74 Å². The molecule has 4 rings (SSSR count). The van der Waals surface area contributed by atoms with Gasteiger partial charge in [-0.3, -0.25) is 24.3 Å². The number of pyridine rings is 1. The highest BCUT2D eigenvalue weighted by Gasteiger charge is 2.47. The van der Waals surface area contributed by atoms with Crippen molar-refractivity contribution in [1.82, 2.24) is 4.98 Å². The number of hydrogen-bond donors (Lipinski definition) is 2. The summed E-state index contributed by atoms with van der Waals surface area (Å²) in [4.78, 5) is 43.5. The lowest BCUT2D eigenvalue weighted by Crippen LogP contribution is -2.29. The Bertz CT molecular complexity index is 1290. The van der Waals surface area contributed by atoms with Crippen LogP contribution >= 0.6 is 0 Å². The molecule has 1 saturated heterocycles. The number of aliphatic hydroxyl groups is 1. The topological polar surface area (TPSA) is 109 Å². The van der Waals surface area contributed by atoms with Gasteiger partial charge in [0, 0.05) is 30.1 Å². The molecule has 1 unspecified atom stereocenters. The Kier molecular flexibility index (Phi) is 6.91. The number of nitrogens with one attached hydrogen (secondary N) is 1. The molecule has 1 aromatic heterocycles. The van der Waals surface area contributed by atoms with Gasteiger partial charge in [-0.1, -0.05) is 25.1 Å². The second-order valence-corrected chi connectivity index (χ2v) is 8.03. The maximum Gasteiger partial charge on any atom is 0.300 e. The van der Waals surface area contributed by atoms with Crippen LogP contribution in [0.4, 0.5) is 11.4 Å². The van der Waals surface area contributed by atoms with Crippen LogP contribution in [0.1, 0.15) is 37.6 Å². The molecule has 0 aliphatic carbocycles. The van der Waals surface area contributed by atoms with Gasteiger partial charge in [0.15, 0.2) is 0 Å². The number of aliphatic hydroxyl groups excluding tert-OH is 1. The molecule has 0 radical (unpaired) electrons. The normalized spacial score (nSPS) is 16.9. The Hall–Kier alpha value is -4.46. The Labute approximate surface area is 202 Å². The zero-order chi connectivity index (χ0) is 24.9. The standard InChI is InChI=1S/C27H25N3O5/c1-3-15-35-21-8-6-7-18(16-21)25(32)23-24(22-9-4-5-14-28-22)30(27(34)26(23)33)20-12-10-19(11-13-20)29-17(2)31/h4-14,16,24,32H,3,15H2,1-2H3,(H,29,31)/b25-23-. The fourth-order valence-corrected chi connectivity index (χ4v) is 3.93. The lowest BCUT2D eigenvalue weighted by atomic mass is 9.98. The van der Waals surface area contributed by atoms with E-state index in [9.17, 15) is 19.5 Å². The van der Waals surface area contributed by atoms with Crippen molar-refractivity contribution in [2.45, 2.75) is 26.3 Å². The van der Waals surface area contributed by atoms with E-state index in [0.29, 0.717) is 35.0 Å². The Balaban J connectivity index is 1.82. The fourth-order valence-electron chi connectivity index (χ4n) is 3.93. The number of benzene rings is 2. The molecule has 0 saturated carbocycles. The van der Waals surface area contributed by atoms with Gasteiger partial charge < -0.3 is 15.2 Å². The summed E-state index contributed by atoms with van der Waals surface area (Å²) in [6.45, 7) is 3.90. The van der Waals surface area contributed by atoms with Crippen LogP contribution in [0, 0.1) is 0 Å². The molecule has 2 N–H and O–H groups in total. The zero-order valence-corrected chi connectivity index (χ0v) is 19.4. The van der Waals surface area contributed by atoms with Crippen LogP contribution in [0.25, 0.3) is 5.76 Å². The van der Waals surface area contributed by atoms with E-state index in [-0.39, 0.29) is 17.2 Å². The maximum atomic E-state index is 13.2. The predicted octanol–water partition coefficient (Wildman–Crippen LogP) is 4.46. The number of nitrogens with zero attached hydrogens (tertiary/aromatic N) is 2. The molecular formula is C27H25N3O5. The van der Waals surface area contributed by atoms with E-state index in [0.717, 1.165) is 6.42 Å². The van der Waals surface area contributed by atoms with Crippen molar-refractivity contribution >= 4 is 34.7 Å². The zero-order valence-electron chi connectivity index (χ0n) is 19.4. The predicted molar refractivity (Wildman–Crippen MR) is 132 cm³/mol. The molecule has 8 nitrogen and oxygen atoms in total. The van der Waals surface area contributed by atoms with E-state index < -0.39 is 17.7 Å². The Morgan fingerprint density at radius 1 is 1.09 bits per heavy atom. The van der Waals surface area contributed by atoms with Gasteiger partial charge in [0.2, 0.25) is 5.91 Å². The van der Waals surface area contributed by atoms with E-state index in [2.05, 4.69) is 10.3 Å². The van der Waals surface area contributed by atoms with Crippen molar-refractivity contribution in [2.24, 2.45) is 0 Å². The molecule has 1 aliphatic rings. The first-order valence-electron chi connectivity index (χ1n) is 11.2. The molecule has 1 aliphatic heterocycles. The first-order valence-corrected chi connectivity index (χ1v) is 11.2. The van der Waals surface area contributed by atoms with Crippen molar-refractivity contribution in [1.29, 1.82) is 0 Å². The van der Waals surface area contributed by atoms with Crippen LogP contribution in [-0.2, 0) is 14.4 Å². The quantitative estimate of drug-likeness (QED) is 0.299. The minimum atomic E-state index is -0.942. The van der Waals surface area contributed by atoms with Crippen LogP contribution in [-0.4, -0.2) is 34.3 Å². The third-order valence-corrected chi connectivity index (χ3v) is 5.46. The maximum absolute atomic E-state index is 13.2. The first-order chi connectivity index (χ1) is 16.9. The summed E-state index contributed by atoms with van der Waals surface area (Å²) in [5.74, 6) is -1.58. The number of ether oxygens (including phenoxy) is 1. The summed E-state index contributed by atoms with van der Waals surface area (Å²) < 4.78 is 5.66. The van der Waals surface area contributed by atoms with Gasteiger partial charge in [-0.25, -0.2) is 0 Å². The van der Waals surface area contributed by atoms with E-state index in [1.165, 1.54) is 11.8 Å². The van der Waals surface area contributed by atoms with Crippen molar-refractivity contribution in [3.8, 4) is 5.75 Å². The number of carbonyl (C=O) groups is 3. The minimum Gasteiger partial charge on any atom is -0.507 e. The van der Waals surface area contributed by atoms with Crippen molar-refractivity contribution < 1.29 is 24.2 Å². The molecule has 35 heavy (non-hydrogen) atoms. The number of ketones is 1. The summed E-state index contributed by atoms with van der Waals surface area (Å²) in [6.07, 6.45) is 2.39. The summed E-state index contributed by atoms with van der Waals surface area (Å²) in [5.41, 5.74) is 1.70. The Morgan fingerprint density at radius 2 is 1.86 bits per heavy atom. The van der Waals surface area contributed by atoms with Crippen LogP contribution in [0.15, 0.2) is 78.5 Å². The molecule has 3 aromatic rings. The fraction of sp³-hybridized carbons (Fsp3) is 0.185. The lowest BCUT2D eigenvalue weighted by Gasteiger charge is -2.24. The monoisotopic (exact) mass is 471 g/mol. The molecule has 2 amide bonds. The number of carbonyl (C=O) groups excluding carboxylic acids is 3. The third kappa shape index (κ3) is 4.91. The van der Waals surface area contributed by atoms with Crippen molar-refractivity contribution in [2.75, 3.05) is 16.8 Å². The lowest BCUT2D eigenvalue weighted by molar-refractivity contribution is -0.132. The highest BCUT2D eigenvalue weighted by atomic mass is 16.5. The molecule has 1 fully saturated rings. The smallest absolute Gasteiger partial charge is 0.300 e. The molecule has 2 aromatic carbocycles. The second-order valence-electron chi connectivity index (χ2n) is 8.03. The largest absolute Gasteiger partial charge is 0.507 e. The average Bonchev–Trinajstić information content (AvgIpc) is 3.13. The SMILES string of the molecule is CCCOc1cccc(/C(O)=C2/C(=O)C(=O)N(c3ccc(NC(C)=O)cc3)C2c2ccccn2)c1. The minimum absolute atomic E-state index is 0.0627. The number of aromatic nitrogens is 1. The molecule has 0 bridgehead atoms. The molecule has 8 heteroatoms. The van der Waals surface area contributed by atoms with Crippen molar-refractivity contribution in [3.05, 3.63) is 89.8 Å². The number of anilines is 2. The molecule has 0 spiro atoms. The van der Waals surface area contributed by atoms with Gasteiger partial charge >= 0.3 is 0 Å². The van der Waals surface area contributed by atoms with Gasteiger partial charge in [0.05, 0.1) is 17.9 Å². The third-order valence-electron chi connectivity index (χ3n) is 5.46. The molecular weight excluding hydrogens is 446 g/mol. The van der Waals surface area contributed by atoms with Gasteiger partial charge in [-0.05, 0) is 55.0 Å². The van der Waals surface area contributed by atoms with Crippen LogP contribution in [0.5, 0.6) is 5.75 Å². The van der Waals surface area contributed by atoms with Crippen LogP contribution < -0.4 is 15.0 Å². The van der Waals surface area contributed by atoms with Gasteiger partial charge in [0.25, 0.3) is 11.7 Å². The summed E-state index contributed by atoms with van der Waals surface area (Å²) in [6, 6.07) is 17.5. The highest BCUT2D eigenvalue weighted by Crippen LogP contribution is 2.41. The van der Waals surface area contributed by atoms with Gasteiger partial charge in [-0.15, -0.1) is 0 Å². The van der Waals surface area contributed by atoms with Crippen LogP contribution in [0.3, 0.4) is 0 Å². The van der Waals surface area contributed by atoms with Gasteiger partial charge in [0.1, 0.15) is 17.6 Å². The van der Waals surface area contributed by atoms with E-state index in [1.807, 2.05) is 6.92 Å². The first kappa shape index (κ1) is 23.7. The van der Waals surface area contributed by atoms with Gasteiger partial charge in [-0.2, -0.15) is 0 Å². The number of amides is 2. The Morgan fingerprint density at radius 3 is 2.51 bits per heavy atom. The highest BCUT2D eigenvalue weighted by molar-refractivity contribution is 6.51. The molecule has 2 heterocycles. The number of rotatable bonds is 7. The van der Waals surface area contributed by atoms with Crippen molar-refractivity contribution in [3.63, 3.8) is 0 Å². The molecule has 1 atom stereocenters. The number of hydrogen-bond acceptors (Lipinski definition) is 6. The summed E-state index contributed by atoms with van der Waals surface area (Å²) in [5, 5.41) is 13.9. The second kappa shape index (κ2) is 10.2. The average molecular weight is 472 g/mol. The van der Waals surface area contributed by atoms with Crippen LogP contribution in [0.2, 0.25) is 0 Å². The number of Topliss-reactive ketones (excluding diaryl/α,β-unsaturated/α-hetero) is 1. The summed E-state index contributed by atoms with van der Waals surface area (Å²) in [7, 11) is 0. The summed E-state index contributed by atoms with van der Waals surface area (Å²) >= 11 is 0.